The second kappa shape index (κ2) is 17.8. The van der Waals surface area contributed by atoms with E-state index >= 15 is 0 Å². The first-order valence-corrected chi connectivity index (χ1v) is 17.4. The number of hydrogen-bond donors (Lipinski definition) is 2. The molecule has 0 saturated heterocycles. The Kier molecular flexibility index (Phi) is 13.8. The number of nitrogens with zero attached hydrogens (tertiary/aromatic N) is 2. The molecule has 0 aromatic heterocycles. The van der Waals surface area contributed by atoms with Gasteiger partial charge in [-0.15, -0.1) is 0 Å². The molecule has 0 saturated carbocycles. The second-order valence-corrected chi connectivity index (χ2v) is 13.4. The van der Waals surface area contributed by atoms with Gasteiger partial charge in [0.05, 0.1) is 11.2 Å². The van der Waals surface area contributed by atoms with Gasteiger partial charge in [0.15, 0.2) is 5.11 Å². The molecule has 48 heavy (non-hydrogen) atoms. The quantitative estimate of drug-likeness (QED) is 0.159. The maximum absolute atomic E-state index is 12.9. The van der Waals surface area contributed by atoms with Gasteiger partial charge in [0.25, 0.3) is 11.8 Å². The monoisotopic (exact) mass is 812 g/mol. The summed E-state index contributed by atoms with van der Waals surface area (Å²) >= 11 is 16.6. The van der Waals surface area contributed by atoms with Crippen LogP contribution in [0.5, 0.6) is 0 Å². The van der Waals surface area contributed by atoms with Crippen LogP contribution in [-0.4, -0.2) is 41.1 Å². The number of aryl methyl sites for hydroxylation is 2. The van der Waals surface area contributed by atoms with E-state index in [0.29, 0.717) is 22.3 Å². The maximum Gasteiger partial charge on any atom is 0.285 e. The number of amides is 2. The lowest BCUT2D eigenvalue weighted by Gasteiger charge is -2.28. The summed E-state index contributed by atoms with van der Waals surface area (Å²) in [5.74, 6) is -1.61. The lowest BCUT2D eigenvalue weighted by molar-refractivity contribution is 0.0970. The number of aliphatic imine (C=N–C) groups is 1. The smallest absolute Gasteiger partial charge is 0.285 e. The largest absolute Gasteiger partial charge is 0.345 e. The van der Waals surface area contributed by atoms with E-state index in [9.17, 15) is 18.4 Å². The van der Waals surface area contributed by atoms with Gasteiger partial charge in [-0.1, -0.05) is 44.0 Å². The van der Waals surface area contributed by atoms with Crippen molar-refractivity contribution in [2.75, 3.05) is 14.1 Å². The summed E-state index contributed by atoms with van der Waals surface area (Å²) in [6.07, 6.45) is 4.40. The highest BCUT2D eigenvalue weighted by atomic mass is 79.9. The molecule has 2 amide bonds. The van der Waals surface area contributed by atoms with Gasteiger partial charge in [0.1, 0.15) is 11.6 Å². The third-order valence-electron chi connectivity index (χ3n) is 8.04. The molecule has 6 nitrogen and oxygen atoms in total. The molecular formula is C36H32Br2F2N4O2S2. The zero-order chi connectivity index (χ0) is 34.8. The van der Waals surface area contributed by atoms with Crippen LogP contribution >= 0.6 is 56.3 Å². The van der Waals surface area contributed by atoms with Crippen molar-refractivity contribution in [2.45, 2.75) is 37.8 Å². The number of rotatable bonds is 4. The van der Waals surface area contributed by atoms with E-state index in [0.717, 1.165) is 17.3 Å². The molecule has 4 aromatic rings. The van der Waals surface area contributed by atoms with Crippen molar-refractivity contribution in [1.29, 1.82) is 0 Å². The average Bonchev–Trinajstić information content (AvgIpc) is 3.69. The van der Waals surface area contributed by atoms with Crippen molar-refractivity contribution in [1.82, 2.24) is 15.5 Å². The Labute approximate surface area is 306 Å². The van der Waals surface area contributed by atoms with E-state index in [1.807, 2.05) is 30.2 Å². The Bertz CT molecular complexity index is 1840. The Hall–Kier alpha value is -3.51. The van der Waals surface area contributed by atoms with Crippen molar-refractivity contribution >= 4 is 78.4 Å². The van der Waals surface area contributed by atoms with Crippen LogP contribution in [0.1, 0.15) is 67.9 Å². The summed E-state index contributed by atoms with van der Waals surface area (Å²) in [5.41, 5.74) is 6.17. The number of isothiocyanates is 1. The summed E-state index contributed by atoms with van der Waals surface area (Å²) in [6, 6.07) is 24.0. The lowest BCUT2D eigenvalue weighted by Crippen LogP contribution is -2.41. The normalized spacial score (nSPS) is 15.3. The minimum Gasteiger partial charge on any atom is -0.345 e. The summed E-state index contributed by atoms with van der Waals surface area (Å²) < 4.78 is 27.5. The van der Waals surface area contributed by atoms with E-state index < -0.39 is 11.7 Å². The van der Waals surface area contributed by atoms with Crippen molar-refractivity contribution in [3.8, 4) is 0 Å². The number of benzene rings is 4. The summed E-state index contributed by atoms with van der Waals surface area (Å²) in [7, 11) is 3.91. The fraction of sp³-hybridized carbons (Fsp3) is 0.222. The van der Waals surface area contributed by atoms with Crippen LogP contribution in [0.15, 0.2) is 98.9 Å². The minimum atomic E-state index is -0.509. The molecule has 6 rings (SSSR count). The summed E-state index contributed by atoms with van der Waals surface area (Å²) in [6.45, 7) is 0. The molecule has 0 bridgehead atoms. The number of thiocarbonyl (C=S) groups is 2. The fourth-order valence-electron chi connectivity index (χ4n) is 5.53. The SMILES string of the molecule is CN(C(=S)NC(=O)c1ccc(F)cc1)C1CCc2ccc(Br)cc21.CNC1CCc2ccc(Br)cc21.O=C(N=C=S)c1ccc(F)cc1. The first-order chi connectivity index (χ1) is 23.0. The first-order valence-electron chi connectivity index (χ1n) is 15.0. The number of carbonyl (C=O) groups excluding carboxylic acids is 2. The van der Waals surface area contributed by atoms with Crippen molar-refractivity contribution in [2.24, 2.45) is 4.99 Å². The standard InChI is InChI=1S/C18H16BrFN2OS.C10H12BrN.C8H4FNOS/c1-22(16-9-5-11-2-6-13(19)10-15(11)16)18(24)21-17(23)12-3-7-14(20)8-4-12;1-12-10-5-3-7-2-4-8(11)6-9(7)10;9-7-3-1-6(2-4-7)8(11)10-5-12/h2-4,6-8,10,16H,5,9H2,1H3,(H,21,23,24);2,4,6,10,12H,3,5H2,1H3;1-4H. The molecule has 0 spiro atoms. The van der Waals surface area contributed by atoms with Gasteiger partial charge in [0.2, 0.25) is 0 Å². The molecule has 2 N–H and O–H groups in total. The highest BCUT2D eigenvalue weighted by Gasteiger charge is 2.28. The number of halogens is 4. The summed E-state index contributed by atoms with van der Waals surface area (Å²) in [4.78, 5) is 28.3. The van der Waals surface area contributed by atoms with E-state index in [2.05, 4.69) is 90.0 Å². The third-order valence-corrected chi connectivity index (χ3v) is 9.51. The maximum atomic E-state index is 12.9. The Morgan fingerprint density at radius 1 is 0.833 bits per heavy atom. The van der Waals surface area contributed by atoms with Gasteiger partial charge < -0.3 is 10.2 Å². The van der Waals surface area contributed by atoms with Gasteiger partial charge in [0, 0.05) is 33.2 Å². The van der Waals surface area contributed by atoms with Gasteiger partial charge in [-0.25, -0.2) is 8.78 Å². The molecule has 4 aromatic carbocycles. The van der Waals surface area contributed by atoms with Gasteiger partial charge >= 0.3 is 0 Å². The second-order valence-electron chi connectivity index (χ2n) is 11.0. The molecule has 0 fully saturated rings. The van der Waals surface area contributed by atoms with Crippen LogP contribution in [0.2, 0.25) is 0 Å². The van der Waals surface area contributed by atoms with Crippen molar-refractivity contribution in [3.05, 3.63) is 139 Å². The topological polar surface area (TPSA) is 73.8 Å². The number of carbonyl (C=O) groups is 2. The number of nitrogens with one attached hydrogen (secondary N) is 2. The molecular weight excluding hydrogens is 782 g/mol. The van der Waals surface area contributed by atoms with Gasteiger partial charge in [-0.3, -0.25) is 14.9 Å². The molecule has 0 aliphatic heterocycles. The van der Waals surface area contributed by atoms with Crippen LogP contribution in [0.3, 0.4) is 0 Å². The minimum absolute atomic E-state index is 0.138. The molecule has 2 aliphatic rings. The molecule has 12 heteroatoms. The molecule has 2 atom stereocenters. The van der Waals surface area contributed by atoms with E-state index in [-0.39, 0.29) is 17.8 Å². The fourth-order valence-corrected chi connectivity index (χ4v) is 6.59. The van der Waals surface area contributed by atoms with Crippen LogP contribution in [-0.2, 0) is 12.8 Å². The van der Waals surface area contributed by atoms with E-state index in [1.54, 1.807) is 0 Å². The van der Waals surface area contributed by atoms with E-state index in [4.69, 9.17) is 12.2 Å². The van der Waals surface area contributed by atoms with Crippen LogP contribution in [0, 0.1) is 11.6 Å². The average molecular weight is 815 g/mol. The van der Waals surface area contributed by atoms with E-state index in [1.165, 1.54) is 88.1 Å². The van der Waals surface area contributed by atoms with Crippen LogP contribution in [0.25, 0.3) is 0 Å². The van der Waals surface area contributed by atoms with Gasteiger partial charge in [-0.2, -0.15) is 4.99 Å². The predicted octanol–water partition coefficient (Wildman–Crippen LogP) is 8.95. The molecule has 0 heterocycles. The zero-order valence-corrected chi connectivity index (χ0v) is 30.9. The van der Waals surface area contributed by atoms with Crippen LogP contribution < -0.4 is 10.6 Å². The Morgan fingerprint density at radius 2 is 1.35 bits per heavy atom. The summed E-state index contributed by atoms with van der Waals surface area (Å²) in [5, 5.41) is 8.36. The molecule has 248 valence electrons. The zero-order valence-electron chi connectivity index (χ0n) is 26.1. The van der Waals surface area contributed by atoms with Crippen molar-refractivity contribution < 1.29 is 18.4 Å². The molecule has 2 unspecified atom stereocenters. The predicted molar refractivity (Wildman–Crippen MR) is 199 cm³/mol. The Morgan fingerprint density at radius 3 is 1.92 bits per heavy atom. The highest BCUT2D eigenvalue weighted by Crippen LogP contribution is 2.37. The number of hydrogen-bond acceptors (Lipinski definition) is 5. The first kappa shape index (κ1) is 37.3. The van der Waals surface area contributed by atoms with Crippen LogP contribution in [0.4, 0.5) is 8.78 Å². The Balaban J connectivity index is 0.000000181. The third kappa shape index (κ3) is 10.0. The van der Waals surface area contributed by atoms with Crippen molar-refractivity contribution in [3.63, 3.8) is 0 Å². The lowest BCUT2D eigenvalue weighted by atomic mass is 10.1. The number of fused-ring (bicyclic) bond motifs is 2. The molecule has 0 radical (unpaired) electrons. The highest BCUT2D eigenvalue weighted by molar-refractivity contribution is 9.10. The molecule has 2 aliphatic carbocycles. The van der Waals surface area contributed by atoms with Gasteiger partial charge in [-0.05, 0) is 152 Å².